The Hall–Kier alpha value is -0.930. The minimum Gasteiger partial charge on any atom is -0.381 e. The normalized spacial score (nSPS) is 20.9. The Morgan fingerprint density at radius 1 is 1.50 bits per heavy atom. The van der Waals surface area contributed by atoms with Crippen LogP contribution in [-0.4, -0.2) is 31.3 Å². The molecule has 0 saturated carbocycles. The van der Waals surface area contributed by atoms with Crippen LogP contribution in [0.15, 0.2) is 24.5 Å². The lowest BCUT2D eigenvalue weighted by Crippen LogP contribution is -2.30. The van der Waals surface area contributed by atoms with E-state index in [4.69, 9.17) is 4.74 Å². The second-order valence-electron chi connectivity index (χ2n) is 4.40. The Labute approximate surface area is 97.2 Å². The molecule has 1 aromatic rings. The van der Waals surface area contributed by atoms with Gasteiger partial charge in [0.25, 0.3) is 0 Å². The van der Waals surface area contributed by atoms with Gasteiger partial charge >= 0.3 is 0 Å². The molecule has 1 aliphatic heterocycles. The summed E-state index contributed by atoms with van der Waals surface area (Å²) >= 11 is 0. The van der Waals surface area contributed by atoms with Crippen LogP contribution < -0.4 is 5.32 Å². The predicted molar refractivity (Wildman–Crippen MR) is 64.4 cm³/mol. The summed E-state index contributed by atoms with van der Waals surface area (Å²) in [5.74, 6) is 0.711. The number of rotatable bonds is 5. The number of nitrogens with one attached hydrogen (secondary N) is 1. The Morgan fingerprint density at radius 2 is 2.50 bits per heavy atom. The van der Waals surface area contributed by atoms with Gasteiger partial charge < -0.3 is 10.1 Å². The number of ether oxygens (including phenoxy) is 1. The predicted octanol–water partition coefficient (Wildman–Crippen LogP) is 1.64. The van der Waals surface area contributed by atoms with Crippen LogP contribution in [0.2, 0.25) is 0 Å². The highest BCUT2D eigenvalue weighted by atomic mass is 16.5. The molecule has 3 nitrogen and oxygen atoms in total. The highest BCUT2D eigenvalue weighted by Gasteiger charge is 2.12. The molecular weight excluding hydrogens is 200 g/mol. The summed E-state index contributed by atoms with van der Waals surface area (Å²) in [6.07, 6.45) is 7.33. The molecule has 0 amide bonds. The van der Waals surface area contributed by atoms with Gasteiger partial charge in [-0.25, -0.2) is 0 Å². The van der Waals surface area contributed by atoms with E-state index in [1.54, 1.807) is 0 Å². The van der Waals surface area contributed by atoms with Crippen molar-refractivity contribution in [2.45, 2.75) is 19.3 Å². The van der Waals surface area contributed by atoms with E-state index in [1.807, 2.05) is 18.5 Å². The van der Waals surface area contributed by atoms with Crippen molar-refractivity contribution in [3.63, 3.8) is 0 Å². The molecular formula is C13H20N2O. The van der Waals surface area contributed by atoms with Gasteiger partial charge in [0.1, 0.15) is 0 Å². The van der Waals surface area contributed by atoms with Crippen LogP contribution in [0.3, 0.4) is 0 Å². The van der Waals surface area contributed by atoms with Crippen molar-refractivity contribution in [1.82, 2.24) is 10.3 Å². The fourth-order valence-corrected chi connectivity index (χ4v) is 2.05. The summed E-state index contributed by atoms with van der Waals surface area (Å²) in [4.78, 5) is 4.11. The van der Waals surface area contributed by atoms with Crippen molar-refractivity contribution in [3.8, 4) is 0 Å². The Bertz CT molecular complexity index is 283. The van der Waals surface area contributed by atoms with Crippen molar-refractivity contribution in [1.29, 1.82) is 0 Å². The highest BCUT2D eigenvalue weighted by molar-refractivity contribution is 5.08. The number of hydrogen-bond acceptors (Lipinski definition) is 3. The molecule has 2 heterocycles. The van der Waals surface area contributed by atoms with Crippen LogP contribution in [0.1, 0.15) is 18.4 Å². The maximum atomic E-state index is 5.45. The molecule has 3 heteroatoms. The molecule has 1 aromatic heterocycles. The molecule has 0 aromatic carbocycles. The third-order valence-electron chi connectivity index (χ3n) is 3.00. The molecule has 0 radical (unpaired) electrons. The van der Waals surface area contributed by atoms with Gasteiger partial charge in [-0.1, -0.05) is 6.07 Å². The van der Waals surface area contributed by atoms with Gasteiger partial charge in [-0.3, -0.25) is 4.98 Å². The van der Waals surface area contributed by atoms with Gasteiger partial charge in [0, 0.05) is 25.5 Å². The topological polar surface area (TPSA) is 34.2 Å². The van der Waals surface area contributed by atoms with Crippen LogP contribution in [0.5, 0.6) is 0 Å². The van der Waals surface area contributed by atoms with Gasteiger partial charge in [-0.2, -0.15) is 0 Å². The van der Waals surface area contributed by atoms with Gasteiger partial charge in [-0.15, -0.1) is 0 Å². The van der Waals surface area contributed by atoms with Gasteiger partial charge in [0.15, 0.2) is 0 Å². The van der Waals surface area contributed by atoms with Crippen molar-refractivity contribution < 1.29 is 4.74 Å². The van der Waals surface area contributed by atoms with Crippen LogP contribution in [0, 0.1) is 5.92 Å². The fraction of sp³-hybridized carbons (Fsp3) is 0.615. The SMILES string of the molecule is c1cncc(CCNCC2CCCOC2)c1. The third-order valence-corrected chi connectivity index (χ3v) is 3.00. The highest BCUT2D eigenvalue weighted by Crippen LogP contribution is 2.11. The van der Waals surface area contributed by atoms with Crippen molar-refractivity contribution >= 4 is 0 Å². The van der Waals surface area contributed by atoms with E-state index in [1.165, 1.54) is 18.4 Å². The quantitative estimate of drug-likeness (QED) is 0.766. The van der Waals surface area contributed by atoms with Gasteiger partial charge in [-0.05, 0) is 43.4 Å². The second-order valence-corrected chi connectivity index (χ2v) is 4.40. The summed E-state index contributed by atoms with van der Waals surface area (Å²) in [7, 11) is 0. The molecule has 88 valence electrons. The lowest BCUT2D eigenvalue weighted by Gasteiger charge is -2.22. The maximum Gasteiger partial charge on any atom is 0.0506 e. The second kappa shape index (κ2) is 6.61. The smallest absolute Gasteiger partial charge is 0.0506 e. The standard InChI is InChI=1S/C13H20N2O/c1-3-12(9-14-6-1)5-7-15-10-13-4-2-8-16-11-13/h1,3,6,9,13,15H,2,4-5,7-8,10-11H2. The van der Waals surface area contributed by atoms with E-state index in [2.05, 4.69) is 16.4 Å². The third kappa shape index (κ3) is 3.91. The van der Waals surface area contributed by atoms with Crippen LogP contribution in [0.25, 0.3) is 0 Å². The molecule has 2 rings (SSSR count). The zero-order chi connectivity index (χ0) is 11.1. The first-order valence-electron chi connectivity index (χ1n) is 6.12. The van der Waals surface area contributed by atoms with Crippen LogP contribution >= 0.6 is 0 Å². The summed E-state index contributed by atoms with van der Waals surface area (Å²) in [6, 6.07) is 4.11. The number of hydrogen-bond donors (Lipinski definition) is 1. The first-order valence-corrected chi connectivity index (χ1v) is 6.12. The largest absolute Gasteiger partial charge is 0.381 e. The van der Waals surface area contributed by atoms with Crippen molar-refractivity contribution in [2.24, 2.45) is 5.92 Å². The molecule has 1 unspecified atom stereocenters. The monoisotopic (exact) mass is 220 g/mol. The summed E-state index contributed by atoms with van der Waals surface area (Å²) < 4.78 is 5.45. The maximum absolute atomic E-state index is 5.45. The first-order chi connectivity index (χ1) is 7.95. The van der Waals surface area contributed by atoms with E-state index >= 15 is 0 Å². The molecule has 1 N–H and O–H groups in total. The lowest BCUT2D eigenvalue weighted by molar-refractivity contribution is 0.0550. The van der Waals surface area contributed by atoms with Crippen molar-refractivity contribution in [3.05, 3.63) is 30.1 Å². The Balaban J connectivity index is 1.58. The molecule has 16 heavy (non-hydrogen) atoms. The minimum absolute atomic E-state index is 0.711. The van der Waals surface area contributed by atoms with E-state index in [-0.39, 0.29) is 0 Å². The Kier molecular flexibility index (Phi) is 4.77. The van der Waals surface area contributed by atoms with E-state index in [9.17, 15) is 0 Å². The molecule has 1 aliphatic rings. The molecule has 0 aliphatic carbocycles. The van der Waals surface area contributed by atoms with Gasteiger partial charge in [0.2, 0.25) is 0 Å². The number of pyridine rings is 1. The minimum atomic E-state index is 0.711. The first kappa shape index (κ1) is 11.6. The van der Waals surface area contributed by atoms with E-state index in [0.29, 0.717) is 5.92 Å². The zero-order valence-electron chi connectivity index (χ0n) is 9.69. The van der Waals surface area contributed by atoms with Crippen molar-refractivity contribution in [2.75, 3.05) is 26.3 Å². The molecule has 1 fully saturated rings. The number of nitrogens with zero attached hydrogens (tertiary/aromatic N) is 1. The summed E-state index contributed by atoms with van der Waals surface area (Å²) in [5, 5.41) is 3.50. The average molecular weight is 220 g/mol. The number of aromatic nitrogens is 1. The molecule has 1 atom stereocenters. The van der Waals surface area contributed by atoms with Crippen LogP contribution in [-0.2, 0) is 11.2 Å². The Morgan fingerprint density at radius 3 is 3.25 bits per heavy atom. The molecule has 0 bridgehead atoms. The molecule has 1 saturated heterocycles. The zero-order valence-corrected chi connectivity index (χ0v) is 9.69. The van der Waals surface area contributed by atoms with E-state index < -0.39 is 0 Å². The average Bonchev–Trinajstić information content (AvgIpc) is 2.37. The summed E-state index contributed by atoms with van der Waals surface area (Å²) in [5.41, 5.74) is 1.30. The van der Waals surface area contributed by atoms with Crippen LogP contribution in [0.4, 0.5) is 0 Å². The lowest BCUT2D eigenvalue weighted by atomic mass is 10.0. The molecule has 0 spiro atoms. The van der Waals surface area contributed by atoms with Gasteiger partial charge in [0.05, 0.1) is 6.61 Å². The summed E-state index contributed by atoms with van der Waals surface area (Å²) in [6.45, 7) is 3.99. The van der Waals surface area contributed by atoms with E-state index in [0.717, 1.165) is 32.7 Å². The fourth-order valence-electron chi connectivity index (χ4n) is 2.05.